The van der Waals surface area contributed by atoms with E-state index in [-0.39, 0.29) is 5.54 Å². The summed E-state index contributed by atoms with van der Waals surface area (Å²) in [5.41, 5.74) is 6.04. The lowest BCUT2D eigenvalue weighted by Crippen LogP contribution is -2.51. The second-order valence-electron chi connectivity index (χ2n) is 5.67. The minimum atomic E-state index is -4.28. The first-order valence-corrected chi connectivity index (χ1v) is 7.38. The molecule has 0 fully saturated rings. The Morgan fingerprint density at radius 2 is 1.67 bits per heavy atom. The SMILES string of the molecule is CCCN(Cc1ccc(C(F)(F)F)cc1)C(C)(CC)CN. The predicted octanol–water partition coefficient (Wildman–Crippen LogP) is 4.04. The normalized spacial score (nSPS) is 15.2. The molecule has 1 atom stereocenters. The lowest BCUT2D eigenvalue weighted by molar-refractivity contribution is -0.137. The zero-order valence-electron chi connectivity index (χ0n) is 13.0. The molecule has 21 heavy (non-hydrogen) atoms. The van der Waals surface area contributed by atoms with Crippen LogP contribution in [-0.2, 0) is 12.7 Å². The maximum atomic E-state index is 12.6. The molecule has 1 rings (SSSR count). The molecule has 0 aliphatic rings. The monoisotopic (exact) mass is 302 g/mol. The topological polar surface area (TPSA) is 29.3 Å². The molecule has 1 unspecified atom stereocenters. The van der Waals surface area contributed by atoms with Crippen molar-refractivity contribution in [3.8, 4) is 0 Å². The van der Waals surface area contributed by atoms with Crippen LogP contribution in [0.25, 0.3) is 0 Å². The number of benzene rings is 1. The van der Waals surface area contributed by atoms with Crippen molar-refractivity contribution < 1.29 is 13.2 Å². The van der Waals surface area contributed by atoms with Crippen molar-refractivity contribution >= 4 is 0 Å². The van der Waals surface area contributed by atoms with Gasteiger partial charge in [0.25, 0.3) is 0 Å². The van der Waals surface area contributed by atoms with Crippen LogP contribution in [0.3, 0.4) is 0 Å². The van der Waals surface area contributed by atoms with Crippen molar-refractivity contribution in [1.82, 2.24) is 4.90 Å². The van der Waals surface area contributed by atoms with Gasteiger partial charge in [0.15, 0.2) is 0 Å². The summed E-state index contributed by atoms with van der Waals surface area (Å²) in [6, 6.07) is 5.40. The average Bonchev–Trinajstić information content (AvgIpc) is 2.45. The number of hydrogen-bond donors (Lipinski definition) is 1. The molecule has 0 heterocycles. The van der Waals surface area contributed by atoms with Gasteiger partial charge in [-0.3, -0.25) is 4.90 Å². The van der Waals surface area contributed by atoms with Gasteiger partial charge in [-0.15, -0.1) is 0 Å². The van der Waals surface area contributed by atoms with Crippen LogP contribution in [0.15, 0.2) is 24.3 Å². The molecule has 120 valence electrons. The largest absolute Gasteiger partial charge is 0.416 e. The average molecular weight is 302 g/mol. The standard InChI is InChI=1S/C16H25F3N2/c1-4-10-21(15(3,5-2)12-20)11-13-6-8-14(9-7-13)16(17,18)19/h6-9H,4-5,10-12,20H2,1-3H3. The molecule has 0 saturated heterocycles. The van der Waals surface area contributed by atoms with Crippen LogP contribution in [0.4, 0.5) is 13.2 Å². The molecule has 0 spiro atoms. The maximum absolute atomic E-state index is 12.6. The van der Waals surface area contributed by atoms with Crippen LogP contribution in [0, 0.1) is 0 Å². The third kappa shape index (κ3) is 4.71. The Labute approximate surface area is 125 Å². The van der Waals surface area contributed by atoms with E-state index >= 15 is 0 Å². The van der Waals surface area contributed by atoms with Gasteiger partial charge in [0.2, 0.25) is 0 Å². The van der Waals surface area contributed by atoms with E-state index in [9.17, 15) is 13.2 Å². The fourth-order valence-electron chi connectivity index (χ4n) is 2.33. The van der Waals surface area contributed by atoms with Crippen molar-refractivity contribution in [2.75, 3.05) is 13.1 Å². The number of nitrogens with two attached hydrogens (primary N) is 1. The molecule has 2 N–H and O–H groups in total. The summed E-state index contributed by atoms with van der Waals surface area (Å²) in [5, 5.41) is 0. The number of nitrogens with zero attached hydrogens (tertiary/aromatic N) is 1. The molecule has 1 aromatic carbocycles. The summed E-state index contributed by atoms with van der Waals surface area (Å²) < 4.78 is 37.7. The van der Waals surface area contributed by atoms with E-state index in [1.54, 1.807) is 12.1 Å². The molecule has 1 aromatic rings. The summed E-state index contributed by atoms with van der Waals surface area (Å²) in [7, 11) is 0. The molecule has 0 radical (unpaired) electrons. The Morgan fingerprint density at radius 3 is 2.05 bits per heavy atom. The molecule has 0 saturated carbocycles. The predicted molar refractivity (Wildman–Crippen MR) is 79.9 cm³/mol. The molecule has 5 heteroatoms. The molecule has 0 aliphatic carbocycles. The van der Waals surface area contributed by atoms with Gasteiger partial charge in [0.1, 0.15) is 0 Å². The van der Waals surface area contributed by atoms with Gasteiger partial charge in [-0.25, -0.2) is 0 Å². The van der Waals surface area contributed by atoms with E-state index in [1.165, 1.54) is 0 Å². The van der Waals surface area contributed by atoms with Crippen molar-refractivity contribution in [3.05, 3.63) is 35.4 Å². The van der Waals surface area contributed by atoms with Crippen molar-refractivity contribution in [2.45, 2.75) is 51.9 Å². The van der Waals surface area contributed by atoms with Gasteiger partial charge in [-0.2, -0.15) is 13.2 Å². The first kappa shape index (κ1) is 18.0. The lowest BCUT2D eigenvalue weighted by atomic mass is 9.95. The third-order valence-electron chi connectivity index (χ3n) is 4.11. The van der Waals surface area contributed by atoms with E-state index in [0.717, 1.165) is 37.1 Å². The van der Waals surface area contributed by atoms with Crippen LogP contribution in [0.2, 0.25) is 0 Å². The van der Waals surface area contributed by atoms with Gasteiger partial charge in [0, 0.05) is 18.6 Å². The van der Waals surface area contributed by atoms with Crippen molar-refractivity contribution in [3.63, 3.8) is 0 Å². The molecular weight excluding hydrogens is 277 g/mol. The minimum absolute atomic E-state index is 0.126. The lowest BCUT2D eigenvalue weighted by Gasteiger charge is -2.40. The first-order chi connectivity index (χ1) is 9.76. The zero-order chi connectivity index (χ0) is 16.1. The number of alkyl halides is 3. The van der Waals surface area contributed by atoms with E-state index in [4.69, 9.17) is 5.73 Å². The molecule has 0 aliphatic heterocycles. The Kier molecular flexibility index (Phi) is 6.23. The Balaban J connectivity index is 2.89. The number of halogens is 3. The fraction of sp³-hybridized carbons (Fsp3) is 0.625. The number of rotatable bonds is 7. The van der Waals surface area contributed by atoms with Crippen LogP contribution in [-0.4, -0.2) is 23.5 Å². The van der Waals surface area contributed by atoms with Crippen LogP contribution < -0.4 is 5.73 Å². The van der Waals surface area contributed by atoms with E-state index in [0.29, 0.717) is 13.1 Å². The van der Waals surface area contributed by atoms with Gasteiger partial charge in [0.05, 0.1) is 5.56 Å². The zero-order valence-corrected chi connectivity index (χ0v) is 13.0. The quantitative estimate of drug-likeness (QED) is 0.823. The van der Waals surface area contributed by atoms with E-state index in [1.807, 2.05) is 0 Å². The summed E-state index contributed by atoms with van der Waals surface area (Å²) in [6.45, 7) is 8.31. The van der Waals surface area contributed by atoms with Gasteiger partial charge in [-0.1, -0.05) is 26.0 Å². The highest BCUT2D eigenvalue weighted by molar-refractivity contribution is 5.24. The van der Waals surface area contributed by atoms with E-state index < -0.39 is 11.7 Å². The first-order valence-electron chi connectivity index (χ1n) is 7.38. The van der Waals surface area contributed by atoms with Crippen LogP contribution in [0.5, 0.6) is 0 Å². The highest BCUT2D eigenvalue weighted by Gasteiger charge is 2.31. The summed E-state index contributed by atoms with van der Waals surface area (Å²) in [6.07, 6.45) is -2.39. The summed E-state index contributed by atoms with van der Waals surface area (Å²) in [5.74, 6) is 0. The smallest absolute Gasteiger partial charge is 0.329 e. The Morgan fingerprint density at radius 1 is 1.10 bits per heavy atom. The Bertz CT molecular complexity index is 422. The second kappa shape index (κ2) is 7.27. The molecule has 0 aromatic heterocycles. The third-order valence-corrected chi connectivity index (χ3v) is 4.11. The molecular formula is C16H25F3N2. The summed E-state index contributed by atoms with van der Waals surface area (Å²) in [4.78, 5) is 2.26. The van der Waals surface area contributed by atoms with Gasteiger partial charge < -0.3 is 5.73 Å². The minimum Gasteiger partial charge on any atom is -0.329 e. The Hall–Kier alpha value is -1.07. The summed E-state index contributed by atoms with van der Waals surface area (Å²) >= 11 is 0. The van der Waals surface area contributed by atoms with Crippen molar-refractivity contribution in [1.29, 1.82) is 0 Å². The van der Waals surface area contributed by atoms with Crippen LogP contribution >= 0.6 is 0 Å². The van der Waals surface area contributed by atoms with Crippen molar-refractivity contribution in [2.24, 2.45) is 5.73 Å². The van der Waals surface area contributed by atoms with Gasteiger partial charge in [-0.05, 0) is 44.0 Å². The fourth-order valence-corrected chi connectivity index (χ4v) is 2.33. The highest BCUT2D eigenvalue weighted by atomic mass is 19.4. The molecule has 0 bridgehead atoms. The van der Waals surface area contributed by atoms with Crippen LogP contribution in [0.1, 0.15) is 44.7 Å². The van der Waals surface area contributed by atoms with Gasteiger partial charge >= 0.3 is 6.18 Å². The molecule has 0 amide bonds. The highest BCUT2D eigenvalue weighted by Crippen LogP contribution is 2.29. The van der Waals surface area contributed by atoms with E-state index in [2.05, 4.69) is 25.7 Å². The molecule has 2 nitrogen and oxygen atoms in total. The second-order valence-corrected chi connectivity index (χ2v) is 5.67. The maximum Gasteiger partial charge on any atom is 0.416 e. The number of hydrogen-bond acceptors (Lipinski definition) is 2.